The van der Waals surface area contributed by atoms with E-state index in [-0.39, 0.29) is 5.56 Å². The van der Waals surface area contributed by atoms with Gasteiger partial charge >= 0.3 is 12.4 Å². The van der Waals surface area contributed by atoms with Crippen molar-refractivity contribution in [1.82, 2.24) is 0 Å². The highest BCUT2D eigenvalue weighted by Crippen LogP contribution is 2.39. The molecule has 2 aromatic carbocycles. The number of carbonyl (C=O) groups excluding carboxylic acids is 1. The average molecular weight is 419 g/mol. The third kappa shape index (κ3) is 3.90. The second-order valence-electron chi connectivity index (χ2n) is 5.50. The highest BCUT2D eigenvalue weighted by Gasteiger charge is 2.43. The van der Waals surface area contributed by atoms with E-state index in [0.717, 1.165) is 11.4 Å². The highest BCUT2D eigenvalue weighted by atomic mass is 19.4. The smallest absolute Gasteiger partial charge is 0.317 e. The molecule has 0 aliphatic rings. The van der Waals surface area contributed by atoms with Crippen LogP contribution >= 0.6 is 0 Å². The molecule has 28 heavy (non-hydrogen) atoms. The zero-order valence-corrected chi connectivity index (χ0v) is 13.4. The number of alkyl halides is 6. The van der Waals surface area contributed by atoms with Crippen molar-refractivity contribution in [2.75, 3.05) is 5.32 Å². The molecule has 2 rings (SSSR count). The molecule has 0 fully saturated rings. The molecule has 0 atom stereocenters. The number of anilines is 1. The molecular weight excluding hydrogens is 412 g/mol. The van der Waals surface area contributed by atoms with E-state index in [4.69, 9.17) is 0 Å². The maximum absolute atomic E-state index is 13.8. The molecule has 2 nitrogen and oxygen atoms in total. The number of halogens is 10. The molecule has 0 bridgehead atoms. The largest absolute Gasteiger partial charge is 0.422 e. The van der Waals surface area contributed by atoms with Gasteiger partial charge in [0.15, 0.2) is 23.3 Å². The molecule has 0 heterocycles. The van der Waals surface area contributed by atoms with Crippen LogP contribution in [-0.4, -0.2) is 5.91 Å². The number of benzene rings is 2. The van der Waals surface area contributed by atoms with Crippen molar-refractivity contribution in [3.8, 4) is 0 Å². The summed E-state index contributed by atoms with van der Waals surface area (Å²) >= 11 is 0. The standard InChI is InChI=1S/C16H7F10NO/c1-5-2-3-7(15(21,22)23)6(4-5)14(28)27-13-11(19)9(17)8(16(24,25)26)10(18)12(13)20/h2-4H,1H3,(H,27,28). The number of amides is 1. The van der Waals surface area contributed by atoms with Crippen molar-refractivity contribution in [3.63, 3.8) is 0 Å². The lowest BCUT2D eigenvalue weighted by molar-refractivity contribution is -0.143. The van der Waals surface area contributed by atoms with Gasteiger partial charge in [0.05, 0.1) is 11.1 Å². The lowest BCUT2D eigenvalue weighted by Gasteiger charge is -2.16. The van der Waals surface area contributed by atoms with Gasteiger partial charge in [-0.3, -0.25) is 4.79 Å². The van der Waals surface area contributed by atoms with Gasteiger partial charge in [-0.1, -0.05) is 11.6 Å². The quantitative estimate of drug-likeness (QED) is 0.481. The summed E-state index contributed by atoms with van der Waals surface area (Å²) in [5.41, 5.74) is -7.46. The van der Waals surface area contributed by atoms with E-state index >= 15 is 0 Å². The van der Waals surface area contributed by atoms with Crippen molar-refractivity contribution < 1.29 is 48.7 Å². The van der Waals surface area contributed by atoms with Gasteiger partial charge in [0.2, 0.25) is 0 Å². The molecule has 0 aliphatic carbocycles. The first-order chi connectivity index (χ1) is 12.7. The first kappa shape index (κ1) is 21.5. The van der Waals surface area contributed by atoms with E-state index in [9.17, 15) is 48.7 Å². The van der Waals surface area contributed by atoms with E-state index in [1.54, 1.807) is 0 Å². The molecule has 12 heteroatoms. The summed E-state index contributed by atoms with van der Waals surface area (Å²) in [5, 5.41) is 1.16. The molecule has 1 amide bonds. The van der Waals surface area contributed by atoms with E-state index in [0.29, 0.717) is 12.1 Å². The Balaban J connectivity index is 2.60. The number of nitrogens with one attached hydrogen (secondary N) is 1. The van der Waals surface area contributed by atoms with Crippen LogP contribution in [0.3, 0.4) is 0 Å². The molecule has 1 N–H and O–H groups in total. The number of rotatable bonds is 2. The third-order valence-electron chi connectivity index (χ3n) is 3.51. The van der Waals surface area contributed by atoms with Gasteiger partial charge in [-0.25, -0.2) is 17.6 Å². The van der Waals surface area contributed by atoms with Crippen LogP contribution in [0.15, 0.2) is 18.2 Å². The Bertz CT molecular complexity index is 917. The van der Waals surface area contributed by atoms with Crippen LogP contribution in [0.1, 0.15) is 27.0 Å². The fraction of sp³-hybridized carbons (Fsp3) is 0.188. The van der Waals surface area contributed by atoms with Crippen LogP contribution in [0.2, 0.25) is 0 Å². The Labute approximate surface area is 149 Å². The van der Waals surface area contributed by atoms with Gasteiger partial charge in [-0.15, -0.1) is 0 Å². The minimum atomic E-state index is -5.81. The fourth-order valence-corrected chi connectivity index (χ4v) is 2.26. The Morgan fingerprint density at radius 3 is 1.75 bits per heavy atom. The summed E-state index contributed by atoms with van der Waals surface area (Å²) in [4.78, 5) is 12.0. The Kier molecular flexibility index (Phi) is 5.37. The summed E-state index contributed by atoms with van der Waals surface area (Å²) in [7, 11) is 0. The van der Waals surface area contributed by atoms with Gasteiger partial charge < -0.3 is 5.32 Å². The predicted octanol–water partition coefficient (Wildman–Crippen LogP) is 5.84. The van der Waals surface area contributed by atoms with Gasteiger partial charge in [0.1, 0.15) is 11.3 Å². The first-order valence-corrected chi connectivity index (χ1v) is 7.08. The van der Waals surface area contributed by atoms with Crippen LogP contribution in [0, 0.1) is 30.2 Å². The molecule has 0 saturated carbocycles. The maximum Gasteiger partial charge on any atom is 0.422 e. The van der Waals surface area contributed by atoms with Crippen molar-refractivity contribution in [1.29, 1.82) is 0 Å². The molecule has 2 aromatic rings. The minimum absolute atomic E-state index is 0.115. The normalized spacial score (nSPS) is 12.2. The van der Waals surface area contributed by atoms with Gasteiger partial charge in [-0.05, 0) is 19.1 Å². The molecule has 0 saturated heterocycles. The molecule has 152 valence electrons. The molecular formula is C16H7F10NO. The lowest BCUT2D eigenvalue weighted by Crippen LogP contribution is -2.22. The van der Waals surface area contributed by atoms with Crippen molar-refractivity contribution in [2.24, 2.45) is 0 Å². The predicted molar refractivity (Wildman–Crippen MR) is 75.4 cm³/mol. The van der Waals surface area contributed by atoms with Crippen LogP contribution in [0.5, 0.6) is 0 Å². The van der Waals surface area contributed by atoms with Gasteiger partial charge in [-0.2, -0.15) is 26.3 Å². The van der Waals surface area contributed by atoms with Crippen LogP contribution in [-0.2, 0) is 12.4 Å². The third-order valence-corrected chi connectivity index (χ3v) is 3.51. The minimum Gasteiger partial charge on any atom is -0.317 e. The van der Waals surface area contributed by atoms with Crippen LogP contribution < -0.4 is 5.32 Å². The highest BCUT2D eigenvalue weighted by molar-refractivity contribution is 6.05. The molecule has 0 radical (unpaired) electrons. The van der Waals surface area contributed by atoms with Gasteiger partial charge in [0.25, 0.3) is 5.91 Å². The topological polar surface area (TPSA) is 29.1 Å². The van der Waals surface area contributed by atoms with Crippen molar-refractivity contribution in [3.05, 3.63) is 63.7 Å². The van der Waals surface area contributed by atoms with E-state index in [1.807, 2.05) is 0 Å². The van der Waals surface area contributed by atoms with Crippen LogP contribution in [0.25, 0.3) is 0 Å². The molecule has 0 spiro atoms. The molecule has 0 unspecified atom stereocenters. The van der Waals surface area contributed by atoms with Gasteiger partial charge in [0, 0.05) is 0 Å². The number of carbonyl (C=O) groups is 1. The number of aryl methyl sites for hydroxylation is 1. The summed E-state index contributed by atoms with van der Waals surface area (Å²) in [6, 6.07) is 2.12. The summed E-state index contributed by atoms with van der Waals surface area (Å²) < 4.78 is 131. The molecule has 0 aliphatic heterocycles. The number of hydrogen-bond donors (Lipinski definition) is 1. The van der Waals surface area contributed by atoms with E-state index in [1.165, 1.54) is 6.92 Å². The second kappa shape index (κ2) is 6.99. The van der Waals surface area contributed by atoms with Crippen molar-refractivity contribution in [2.45, 2.75) is 19.3 Å². The number of hydrogen-bond acceptors (Lipinski definition) is 1. The SMILES string of the molecule is Cc1ccc(C(F)(F)F)c(C(=O)Nc2c(F)c(F)c(C(F)(F)F)c(F)c2F)c1. The van der Waals surface area contributed by atoms with E-state index in [2.05, 4.69) is 0 Å². The molecule has 0 aromatic heterocycles. The summed E-state index contributed by atoms with van der Waals surface area (Å²) in [6.45, 7) is 1.27. The maximum atomic E-state index is 13.8. The fourth-order valence-electron chi connectivity index (χ4n) is 2.26. The van der Waals surface area contributed by atoms with E-state index < -0.39 is 63.9 Å². The zero-order chi connectivity index (χ0) is 21.6. The Morgan fingerprint density at radius 2 is 1.32 bits per heavy atom. The summed E-state index contributed by atoms with van der Waals surface area (Å²) in [6.07, 6.45) is -10.9. The summed E-state index contributed by atoms with van der Waals surface area (Å²) in [5.74, 6) is -12.8. The Hall–Kier alpha value is -2.79. The van der Waals surface area contributed by atoms with Crippen molar-refractivity contribution >= 4 is 11.6 Å². The second-order valence-corrected chi connectivity index (χ2v) is 5.50. The lowest BCUT2D eigenvalue weighted by atomic mass is 10.0. The monoisotopic (exact) mass is 419 g/mol. The first-order valence-electron chi connectivity index (χ1n) is 7.08. The average Bonchev–Trinajstić information content (AvgIpc) is 2.54. The Morgan fingerprint density at radius 1 is 0.821 bits per heavy atom. The zero-order valence-electron chi connectivity index (χ0n) is 13.4. The van der Waals surface area contributed by atoms with Crippen LogP contribution in [0.4, 0.5) is 49.6 Å².